The van der Waals surface area contributed by atoms with Crippen LogP contribution >= 0.6 is 0 Å². The molecule has 1 aromatic rings. The van der Waals surface area contributed by atoms with Gasteiger partial charge in [-0.3, -0.25) is 4.79 Å². The molecule has 0 unspecified atom stereocenters. The van der Waals surface area contributed by atoms with Gasteiger partial charge in [0.1, 0.15) is 6.29 Å². The molecule has 0 heterocycles. The predicted octanol–water partition coefficient (Wildman–Crippen LogP) is -0.993. The third-order valence-corrected chi connectivity index (χ3v) is 1.51. The first-order chi connectivity index (χ1) is 5.38. The van der Waals surface area contributed by atoms with Gasteiger partial charge in [-0.2, -0.15) is 7.05 Å². The van der Waals surface area contributed by atoms with Gasteiger partial charge in [0.15, 0.2) is 0 Å². The maximum Gasteiger partial charge on any atom is 1.00 e. The van der Waals surface area contributed by atoms with Gasteiger partial charge in [-0.1, -0.05) is 29.8 Å². The van der Waals surface area contributed by atoms with Crippen LogP contribution in [-0.2, 0) is 6.54 Å². The summed E-state index contributed by atoms with van der Waals surface area (Å²) in [5, 5.41) is 3.96. The van der Waals surface area contributed by atoms with Crippen molar-refractivity contribution in [2.75, 3.05) is 7.05 Å². The van der Waals surface area contributed by atoms with Gasteiger partial charge in [-0.25, -0.2) is 0 Å². The third kappa shape index (κ3) is 3.47. The van der Waals surface area contributed by atoms with Gasteiger partial charge in [0.2, 0.25) is 0 Å². The van der Waals surface area contributed by atoms with Crippen molar-refractivity contribution in [3.8, 4) is 0 Å². The number of benzene rings is 1. The molecule has 1 aromatic carbocycles. The van der Waals surface area contributed by atoms with E-state index in [-0.39, 0.29) is 51.4 Å². The Kier molecular flexibility index (Phi) is 7.23. The fourth-order valence-corrected chi connectivity index (χ4v) is 0.964. The molecule has 0 radical (unpaired) electrons. The number of carbonyl (C=O) groups excluding carboxylic acids is 1. The first kappa shape index (κ1) is 12.5. The van der Waals surface area contributed by atoms with Gasteiger partial charge >= 0.3 is 51.4 Å². The van der Waals surface area contributed by atoms with Crippen molar-refractivity contribution in [1.82, 2.24) is 0 Å². The Bertz CT molecular complexity index is 250. The molecule has 3 heteroatoms. The van der Waals surface area contributed by atoms with Crippen LogP contribution in [0.1, 0.15) is 15.9 Å². The van der Waals surface area contributed by atoms with Crippen LogP contribution < -0.4 is 51.4 Å². The zero-order valence-electron chi connectivity index (χ0n) is 7.45. The van der Waals surface area contributed by atoms with E-state index in [0.717, 1.165) is 17.4 Å². The van der Waals surface area contributed by atoms with Crippen LogP contribution in [0, 0.1) is 0 Å². The van der Waals surface area contributed by atoms with Crippen LogP contribution in [-0.4, -0.2) is 13.3 Å². The molecule has 0 saturated carbocycles. The van der Waals surface area contributed by atoms with Crippen molar-refractivity contribution in [2.45, 2.75) is 6.54 Å². The summed E-state index contributed by atoms with van der Waals surface area (Å²) in [5.41, 5.74) is 1.73. The molecule has 12 heavy (non-hydrogen) atoms. The van der Waals surface area contributed by atoms with E-state index < -0.39 is 0 Å². The molecule has 58 valence electrons. The summed E-state index contributed by atoms with van der Waals surface area (Å²) < 4.78 is 0. The molecule has 2 nitrogen and oxygen atoms in total. The smallest absolute Gasteiger partial charge is 0.661 e. The summed E-state index contributed by atoms with van der Waals surface area (Å²) in [6.45, 7) is 0.620. The molecule has 0 aliphatic rings. The number of nitrogens with zero attached hydrogens (tertiary/aromatic N) is 1. The van der Waals surface area contributed by atoms with Crippen LogP contribution in [0.2, 0.25) is 0 Å². The van der Waals surface area contributed by atoms with E-state index in [0.29, 0.717) is 6.54 Å². The number of hydrogen-bond acceptors (Lipinski definition) is 1. The molecule has 0 fully saturated rings. The van der Waals surface area contributed by atoms with E-state index >= 15 is 0 Å². The minimum absolute atomic E-state index is 0. The van der Waals surface area contributed by atoms with Crippen molar-refractivity contribution in [2.24, 2.45) is 0 Å². The molecule has 0 aliphatic heterocycles. The van der Waals surface area contributed by atoms with Crippen molar-refractivity contribution in [3.05, 3.63) is 40.7 Å². The SMILES string of the molecule is C[N-]Cc1ccccc1C=O.[K+]. The molecule has 0 atom stereocenters. The van der Waals surface area contributed by atoms with Crippen LogP contribution in [0.25, 0.3) is 5.32 Å². The summed E-state index contributed by atoms with van der Waals surface area (Å²) >= 11 is 0. The summed E-state index contributed by atoms with van der Waals surface area (Å²) in [4.78, 5) is 10.5. The monoisotopic (exact) mass is 187 g/mol. The van der Waals surface area contributed by atoms with Crippen LogP contribution in [0.3, 0.4) is 0 Å². The van der Waals surface area contributed by atoms with Crippen molar-refractivity contribution in [3.63, 3.8) is 0 Å². The van der Waals surface area contributed by atoms with E-state index in [2.05, 4.69) is 5.32 Å². The third-order valence-electron chi connectivity index (χ3n) is 1.51. The van der Waals surface area contributed by atoms with Gasteiger partial charge in [0.05, 0.1) is 0 Å². The molecule has 0 aliphatic carbocycles. The predicted molar refractivity (Wildman–Crippen MR) is 44.8 cm³/mol. The minimum atomic E-state index is 0. The summed E-state index contributed by atoms with van der Waals surface area (Å²) in [6.07, 6.45) is 0.862. The fourth-order valence-electron chi connectivity index (χ4n) is 0.964. The molecule has 0 saturated heterocycles. The van der Waals surface area contributed by atoms with Gasteiger partial charge in [0, 0.05) is 5.56 Å². The molecule has 0 spiro atoms. The second-order valence-corrected chi connectivity index (χ2v) is 2.29. The van der Waals surface area contributed by atoms with Gasteiger partial charge in [0.25, 0.3) is 0 Å². The fraction of sp³-hybridized carbons (Fsp3) is 0.222. The van der Waals surface area contributed by atoms with E-state index in [9.17, 15) is 4.79 Å². The number of aldehydes is 1. The van der Waals surface area contributed by atoms with E-state index in [1.807, 2.05) is 18.2 Å². The maximum atomic E-state index is 10.5. The molecule has 0 bridgehead atoms. The average molecular weight is 187 g/mol. The van der Waals surface area contributed by atoms with Crippen LogP contribution in [0.4, 0.5) is 0 Å². The van der Waals surface area contributed by atoms with Crippen molar-refractivity contribution in [1.29, 1.82) is 0 Å². The Labute approximate surface area is 115 Å². The Hall–Kier alpha value is 0.486. The Morgan fingerprint density at radius 2 is 2.08 bits per heavy atom. The minimum Gasteiger partial charge on any atom is -0.661 e. The first-order valence-electron chi connectivity index (χ1n) is 3.47. The zero-order valence-corrected chi connectivity index (χ0v) is 10.6. The number of hydrogen-bond donors (Lipinski definition) is 0. The second kappa shape index (κ2) is 6.94. The van der Waals surface area contributed by atoms with E-state index in [1.54, 1.807) is 13.1 Å². The summed E-state index contributed by atoms with van der Waals surface area (Å²) in [6, 6.07) is 7.47. The quantitative estimate of drug-likeness (QED) is 0.441. The number of rotatable bonds is 3. The van der Waals surface area contributed by atoms with E-state index in [4.69, 9.17) is 0 Å². The summed E-state index contributed by atoms with van der Waals surface area (Å²) in [7, 11) is 1.74. The molecule has 0 aromatic heterocycles. The standard InChI is InChI=1S/C9H10NO.K/c1-10-6-8-4-2-3-5-9(8)7-11;/h2-5,7H,6H2,1H3;/q-1;+1. The molecule has 1 rings (SSSR count). The molecule has 0 N–H and O–H groups in total. The topological polar surface area (TPSA) is 31.2 Å². The average Bonchev–Trinajstić information content (AvgIpc) is 2.06. The first-order valence-corrected chi connectivity index (χ1v) is 3.47. The molecular weight excluding hydrogens is 177 g/mol. The maximum absolute atomic E-state index is 10.5. The van der Waals surface area contributed by atoms with Gasteiger partial charge in [-0.15, -0.1) is 6.54 Å². The second-order valence-electron chi connectivity index (χ2n) is 2.29. The normalized spacial score (nSPS) is 8.75. The van der Waals surface area contributed by atoms with Crippen molar-refractivity contribution >= 4 is 6.29 Å². The van der Waals surface area contributed by atoms with Gasteiger partial charge < -0.3 is 5.32 Å². The van der Waals surface area contributed by atoms with E-state index in [1.165, 1.54) is 0 Å². The van der Waals surface area contributed by atoms with Crippen LogP contribution in [0.5, 0.6) is 0 Å². The Morgan fingerprint density at radius 3 is 2.67 bits per heavy atom. The largest absolute Gasteiger partial charge is 1.00 e. The zero-order chi connectivity index (χ0) is 8.10. The molecular formula is C9H10KNO. The Balaban J connectivity index is 0.00000121. The van der Waals surface area contributed by atoms with Crippen molar-refractivity contribution < 1.29 is 56.2 Å². The number of carbonyl (C=O) groups is 1. The van der Waals surface area contributed by atoms with Crippen LogP contribution in [0.15, 0.2) is 24.3 Å². The molecule has 0 amide bonds. The van der Waals surface area contributed by atoms with Gasteiger partial charge in [-0.05, 0) is 0 Å². The summed E-state index contributed by atoms with van der Waals surface area (Å²) in [5.74, 6) is 0. The Morgan fingerprint density at radius 1 is 1.42 bits per heavy atom.